The Morgan fingerprint density at radius 3 is 2.31 bits per heavy atom. The first-order valence-corrected chi connectivity index (χ1v) is 10.3. The molecule has 4 bridgehead atoms. The molecule has 0 aromatic heterocycles. The molecular weight excluding hydrogens is 346 g/mol. The van der Waals surface area contributed by atoms with Gasteiger partial charge in [0.25, 0.3) is 0 Å². The zero-order valence-corrected chi connectivity index (χ0v) is 16.4. The van der Waals surface area contributed by atoms with Gasteiger partial charge in [-0.3, -0.25) is 4.90 Å². The van der Waals surface area contributed by atoms with Crippen molar-refractivity contribution in [1.82, 2.24) is 4.90 Å². The monoisotopic (exact) mass is 377 g/mol. The fraction of sp³-hybridized carbons (Fsp3) is 0.727. The van der Waals surface area contributed by atoms with E-state index < -0.39 is 0 Å². The van der Waals surface area contributed by atoms with E-state index in [4.69, 9.17) is 4.74 Å². The number of fused-ring (bicyclic) bond motifs is 1. The highest BCUT2D eigenvalue weighted by atomic mass is 35.5. The number of hydrogen-bond acceptors (Lipinski definition) is 3. The van der Waals surface area contributed by atoms with Gasteiger partial charge in [-0.15, -0.1) is 12.4 Å². The Hall–Kier alpha value is -0.610. The number of aliphatic hydroxyl groups is 1. The number of halogens is 1. The molecule has 6 rings (SSSR count). The number of hydrogen-bond donors (Lipinski definition) is 1. The Bertz CT molecular complexity index is 599. The lowest BCUT2D eigenvalue weighted by Gasteiger charge is -2.56. The largest absolute Gasteiger partial charge is 0.389 e. The van der Waals surface area contributed by atoms with Crippen LogP contribution in [0, 0.1) is 17.8 Å². The molecule has 26 heavy (non-hydrogen) atoms. The van der Waals surface area contributed by atoms with Crippen LogP contribution in [-0.2, 0) is 17.7 Å². The number of benzene rings is 1. The molecule has 144 valence electrons. The van der Waals surface area contributed by atoms with Gasteiger partial charge in [0.15, 0.2) is 0 Å². The summed E-state index contributed by atoms with van der Waals surface area (Å²) in [5.74, 6) is 2.71. The van der Waals surface area contributed by atoms with E-state index in [-0.39, 0.29) is 24.1 Å². The second-order valence-electron chi connectivity index (χ2n) is 9.32. The molecule has 4 saturated carbocycles. The molecule has 3 nitrogen and oxygen atoms in total. The quantitative estimate of drug-likeness (QED) is 0.846. The van der Waals surface area contributed by atoms with Gasteiger partial charge in [0.1, 0.15) is 0 Å². The summed E-state index contributed by atoms with van der Waals surface area (Å²) in [5, 5.41) is 10.6. The van der Waals surface area contributed by atoms with Crippen molar-refractivity contribution in [2.75, 3.05) is 19.7 Å². The standard InChI is InChI=1S/C22H31NO2.ClH/c24-21(14-23-6-5-19-3-1-2-4-20(19)13-23)15-25-22-10-16-7-17(11-22)9-18(8-16)12-22;/h1-4,16-18,21,24H,5-15H2;1H. The lowest BCUT2D eigenvalue weighted by atomic mass is 9.54. The SMILES string of the molecule is Cl.OC(COC12CC3CC(CC(C3)C1)C2)CN1CCc2ccccc2C1. The molecule has 4 heteroatoms. The van der Waals surface area contributed by atoms with Crippen molar-refractivity contribution in [2.45, 2.75) is 63.2 Å². The molecule has 1 unspecified atom stereocenters. The summed E-state index contributed by atoms with van der Waals surface area (Å²) in [6.07, 6.45) is 8.82. The van der Waals surface area contributed by atoms with Crippen molar-refractivity contribution in [3.05, 3.63) is 35.4 Å². The summed E-state index contributed by atoms with van der Waals surface area (Å²) >= 11 is 0. The summed E-state index contributed by atoms with van der Waals surface area (Å²) in [7, 11) is 0. The molecule has 1 aromatic carbocycles. The lowest BCUT2D eigenvalue weighted by Crippen LogP contribution is -2.53. The number of β-amino-alcohol motifs (C(OH)–C–C–N with tert-alkyl or cyclic N) is 1. The molecule has 1 aliphatic heterocycles. The second-order valence-corrected chi connectivity index (χ2v) is 9.32. The van der Waals surface area contributed by atoms with Crippen LogP contribution in [0.2, 0.25) is 0 Å². The van der Waals surface area contributed by atoms with Crippen LogP contribution in [0.25, 0.3) is 0 Å². The highest BCUT2D eigenvalue weighted by Gasteiger charge is 2.51. The Balaban J connectivity index is 0.00000168. The van der Waals surface area contributed by atoms with Crippen LogP contribution < -0.4 is 0 Å². The molecule has 5 aliphatic rings. The van der Waals surface area contributed by atoms with Gasteiger partial charge in [-0.25, -0.2) is 0 Å². The van der Waals surface area contributed by atoms with E-state index in [1.165, 1.54) is 49.7 Å². The third-order valence-corrected chi connectivity index (χ3v) is 7.24. The number of nitrogens with zero attached hydrogens (tertiary/aromatic N) is 1. The van der Waals surface area contributed by atoms with Gasteiger partial charge < -0.3 is 9.84 Å². The van der Waals surface area contributed by atoms with Crippen LogP contribution in [0.3, 0.4) is 0 Å². The molecule has 4 fully saturated rings. The van der Waals surface area contributed by atoms with Crippen LogP contribution in [0.1, 0.15) is 49.7 Å². The second kappa shape index (κ2) is 7.43. The summed E-state index contributed by atoms with van der Waals surface area (Å²) in [5.41, 5.74) is 3.01. The van der Waals surface area contributed by atoms with Crippen molar-refractivity contribution < 1.29 is 9.84 Å². The van der Waals surface area contributed by atoms with Crippen molar-refractivity contribution >= 4 is 12.4 Å². The molecule has 4 aliphatic carbocycles. The van der Waals surface area contributed by atoms with Crippen LogP contribution in [-0.4, -0.2) is 41.4 Å². The average Bonchev–Trinajstić information content (AvgIpc) is 2.59. The molecule has 0 radical (unpaired) electrons. The van der Waals surface area contributed by atoms with Gasteiger partial charge >= 0.3 is 0 Å². The maximum atomic E-state index is 10.6. The van der Waals surface area contributed by atoms with Gasteiger partial charge in [-0.1, -0.05) is 24.3 Å². The molecule has 1 N–H and O–H groups in total. The molecule has 1 heterocycles. The Labute approximate surface area is 163 Å². The fourth-order valence-electron chi connectivity index (χ4n) is 6.54. The van der Waals surface area contributed by atoms with E-state index in [1.54, 1.807) is 0 Å². The highest BCUT2D eigenvalue weighted by molar-refractivity contribution is 5.85. The van der Waals surface area contributed by atoms with E-state index in [0.717, 1.165) is 43.8 Å². The van der Waals surface area contributed by atoms with E-state index >= 15 is 0 Å². The fourth-order valence-corrected chi connectivity index (χ4v) is 6.54. The first kappa shape index (κ1) is 18.7. The molecule has 0 amide bonds. The van der Waals surface area contributed by atoms with E-state index in [9.17, 15) is 5.11 Å². The highest BCUT2D eigenvalue weighted by Crippen LogP contribution is 2.57. The van der Waals surface area contributed by atoms with Crippen molar-refractivity contribution in [1.29, 1.82) is 0 Å². The van der Waals surface area contributed by atoms with Crippen LogP contribution >= 0.6 is 12.4 Å². The van der Waals surface area contributed by atoms with Crippen LogP contribution in [0.5, 0.6) is 0 Å². The minimum absolute atomic E-state index is 0. The predicted octanol–water partition coefficient (Wildman–Crippen LogP) is 3.81. The molecule has 1 atom stereocenters. The lowest BCUT2D eigenvalue weighted by molar-refractivity contribution is -0.176. The number of ether oxygens (including phenoxy) is 1. The molecule has 0 spiro atoms. The van der Waals surface area contributed by atoms with E-state index in [1.807, 2.05) is 0 Å². The maximum Gasteiger partial charge on any atom is 0.0900 e. The van der Waals surface area contributed by atoms with Crippen molar-refractivity contribution in [2.24, 2.45) is 17.8 Å². The summed E-state index contributed by atoms with van der Waals surface area (Å²) in [6, 6.07) is 8.71. The minimum atomic E-state index is -0.363. The Morgan fingerprint density at radius 1 is 1.04 bits per heavy atom. The zero-order valence-electron chi connectivity index (χ0n) is 15.6. The molecular formula is C22H32ClNO2. The smallest absolute Gasteiger partial charge is 0.0900 e. The average molecular weight is 378 g/mol. The zero-order chi connectivity index (χ0) is 16.9. The topological polar surface area (TPSA) is 32.7 Å². The molecule has 1 aromatic rings. The maximum absolute atomic E-state index is 10.6. The normalized spacial score (nSPS) is 36.4. The van der Waals surface area contributed by atoms with Gasteiger partial charge in [0, 0.05) is 19.6 Å². The number of aliphatic hydroxyl groups excluding tert-OH is 1. The van der Waals surface area contributed by atoms with Gasteiger partial charge in [0.2, 0.25) is 0 Å². The van der Waals surface area contributed by atoms with Crippen molar-refractivity contribution in [3.63, 3.8) is 0 Å². The third kappa shape index (κ3) is 3.69. The summed E-state index contributed by atoms with van der Waals surface area (Å²) in [4.78, 5) is 2.38. The van der Waals surface area contributed by atoms with Crippen LogP contribution in [0.4, 0.5) is 0 Å². The summed E-state index contributed by atoms with van der Waals surface area (Å²) < 4.78 is 6.44. The Morgan fingerprint density at radius 2 is 1.65 bits per heavy atom. The van der Waals surface area contributed by atoms with E-state index in [0.29, 0.717) is 6.61 Å². The van der Waals surface area contributed by atoms with Gasteiger partial charge in [-0.05, 0) is 73.8 Å². The van der Waals surface area contributed by atoms with Gasteiger partial charge in [-0.2, -0.15) is 0 Å². The van der Waals surface area contributed by atoms with E-state index in [2.05, 4.69) is 29.2 Å². The van der Waals surface area contributed by atoms with Crippen molar-refractivity contribution in [3.8, 4) is 0 Å². The minimum Gasteiger partial charge on any atom is -0.389 e. The molecule has 0 saturated heterocycles. The van der Waals surface area contributed by atoms with Crippen LogP contribution in [0.15, 0.2) is 24.3 Å². The number of rotatable bonds is 5. The predicted molar refractivity (Wildman–Crippen MR) is 106 cm³/mol. The van der Waals surface area contributed by atoms with Gasteiger partial charge in [0.05, 0.1) is 18.3 Å². The Kier molecular flexibility index (Phi) is 5.35. The third-order valence-electron chi connectivity index (χ3n) is 7.24. The first-order valence-electron chi connectivity index (χ1n) is 10.3. The first-order chi connectivity index (χ1) is 12.2. The summed E-state index contributed by atoms with van der Waals surface area (Å²) in [6.45, 7) is 3.26.